The van der Waals surface area contributed by atoms with E-state index in [1.165, 1.54) is 0 Å². The second-order valence-electron chi connectivity index (χ2n) is 14.4. The standard InChI is InChI=1S/C30H43IO4/c1-8-28-12-10-20-26(6)11-9-19-25(4,5)23(34)18(32)16-27(19,7)21(26)15-22(33)30(20,35)29(28,31)17-24(2,3)13-14-28/h15-16,19-20,32,35H,8-14,17H2,1-7H3. The van der Waals surface area contributed by atoms with Crippen molar-refractivity contribution in [2.45, 2.75) is 109 Å². The molecule has 0 radical (unpaired) electrons. The Morgan fingerprint density at radius 3 is 2.23 bits per heavy atom. The molecule has 5 rings (SSSR count). The monoisotopic (exact) mass is 594 g/mol. The van der Waals surface area contributed by atoms with Gasteiger partial charge >= 0.3 is 0 Å². The third kappa shape index (κ3) is 2.89. The average molecular weight is 595 g/mol. The van der Waals surface area contributed by atoms with Gasteiger partial charge in [0.2, 0.25) is 5.78 Å². The molecule has 35 heavy (non-hydrogen) atoms. The number of hydrogen-bond donors (Lipinski definition) is 2. The van der Waals surface area contributed by atoms with Gasteiger partial charge in [0.25, 0.3) is 0 Å². The summed E-state index contributed by atoms with van der Waals surface area (Å²) >= 11 is 2.54. The second kappa shape index (κ2) is 7.24. The molecule has 0 heterocycles. The van der Waals surface area contributed by atoms with Crippen molar-refractivity contribution in [3.63, 3.8) is 0 Å². The molecule has 2 N–H and O–H groups in total. The lowest BCUT2D eigenvalue weighted by Gasteiger charge is -2.70. The smallest absolute Gasteiger partial charge is 0.202 e. The fourth-order valence-electron chi connectivity index (χ4n) is 9.99. The molecular formula is C30H43IO4. The summed E-state index contributed by atoms with van der Waals surface area (Å²) in [6.45, 7) is 15.0. The molecule has 0 aliphatic heterocycles. The largest absolute Gasteiger partial charge is 0.505 e. The van der Waals surface area contributed by atoms with E-state index in [-0.39, 0.29) is 45.4 Å². The maximum absolute atomic E-state index is 14.3. The van der Waals surface area contributed by atoms with Crippen LogP contribution in [0.4, 0.5) is 0 Å². The van der Waals surface area contributed by atoms with Crippen molar-refractivity contribution in [3.8, 4) is 0 Å². The first kappa shape index (κ1) is 25.9. The van der Waals surface area contributed by atoms with E-state index in [0.29, 0.717) is 0 Å². The summed E-state index contributed by atoms with van der Waals surface area (Å²) in [7, 11) is 0. The first-order valence-electron chi connectivity index (χ1n) is 13.6. The van der Waals surface area contributed by atoms with Crippen molar-refractivity contribution in [2.24, 2.45) is 38.9 Å². The third-order valence-electron chi connectivity index (χ3n) is 12.0. The van der Waals surface area contributed by atoms with Crippen LogP contribution in [0.3, 0.4) is 0 Å². The molecule has 7 atom stereocenters. The molecule has 3 fully saturated rings. The van der Waals surface area contributed by atoms with Gasteiger partial charge in [-0.25, -0.2) is 0 Å². The zero-order valence-corrected chi connectivity index (χ0v) is 24.7. The Morgan fingerprint density at radius 1 is 0.971 bits per heavy atom. The highest BCUT2D eigenvalue weighted by Gasteiger charge is 2.75. The van der Waals surface area contributed by atoms with Crippen molar-refractivity contribution in [3.05, 3.63) is 23.5 Å². The number of carbonyl (C=O) groups excluding carboxylic acids is 2. The zero-order valence-electron chi connectivity index (χ0n) is 22.6. The SMILES string of the molecule is CCC12CCC3C4(C)CCC5C(C)(C)C(=O)C(O)=CC5(C)C4=CC(=O)C3(O)C1(I)CC(C)(C)CC2. The van der Waals surface area contributed by atoms with E-state index in [0.717, 1.165) is 56.9 Å². The Kier molecular flexibility index (Phi) is 5.36. The van der Waals surface area contributed by atoms with Crippen LogP contribution in [-0.4, -0.2) is 30.8 Å². The lowest BCUT2D eigenvalue weighted by Crippen LogP contribution is -2.76. The van der Waals surface area contributed by atoms with E-state index in [4.69, 9.17) is 0 Å². The molecule has 5 aliphatic rings. The van der Waals surface area contributed by atoms with Gasteiger partial charge in [-0.05, 0) is 85.7 Å². The lowest BCUT2D eigenvalue weighted by molar-refractivity contribution is -0.193. The fraction of sp³-hybridized carbons (Fsp3) is 0.800. The van der Waals surface area contributed by atoms with Crippen molar-refractivity contribution < 1.29 is 19.8 Å². The van der Waals surface area contributed by atoms with Crippen LogP contribution in [0.2, 0.25) is 0 Å². The molecule has 0 bridgehead atoms. The van der Waals surface area contributed by atoms with E-state index >= 15 is 0 Å². The van der Waals surface area contributed by atoms with Crippen molar-refractivity contribution >= 4 is 34.2 Å². The molecule has 0 aromatic heterocycles. The number of fused-ring (bicyclic) bond motifs is 7. The number of Topliss-reactive ketones (excluding diaryl/α,β-unsaturated/α-hetero) is 1. The summed E-state index contributed by atoms with van der Waals surface area (Å²) in [4.78, 5) is 27.2. The first-order valence-corrected chi connectivity index (χ1v) is 14.7. The predicted octanol–water partition coefficient (Wildman–Crippen LogP) is 6.89. The molecular weight excluding hydrogens is 551 g/mol. The van der Waals surface area contributed by atoms with Crippen LogP contribution in [0.5, 0.6) is 0 Å². The van der Waals surface area contributed by atoms with Gasteiger partial charge in [-0.2, -0.15) is 0 Å². The maximum Gasteiger partial charge on any atom is 0.202 e. The van der Waals surface area contributed by atoms with E-state index in [1.807, 2.05) is 13.8 Å². The number of aliphatic hydroxyl groups is 2. The average Bonchev–Trinajstić information content (AvgIpc) is 2.74. The van der Waals surface area contributed by atoms with Gasteiger partial charge in [-0.15, -0.1) is 0 Å². The number of carbonyl (C=O) groups is 2. The van der Waals surface area contributed by atoms with Crippen molar-refractivity contribution in [1.29, 1.82) is 0 Å². The summed E-state index contributed by atoms with van der Waals surface area (Å²) < 4.78 is -0.517. The molecule has 0 saturated heterocycles. The van der Waals surface area contributed by atoms with E-state index in [2.05, 4.69) is 57.2 Å². The minimum absolute atomic E-state index is 0.0113. The van der Waals surface area contributed by atoms with Gasteiger partial charge in [-0.1, -0.05) is 76.6 Å². The van der Waals surface area contributed by atoms with Crippen LogP contribution in [0.15, 0.2) is 23.5 Å². The van der Waals surface area contributed by atoms with Gasteiger partial charge in [-0.3, -0.25) is 9.59 Å². The van der Waals surface area contributed by atoms with Crippen molar-refractivity contribution in [2.75, 3.05) is 0 Å². The zero-order chi connectivity index (χ0) is 26.0. The molecule has 4 nitrogen and oxygen atoms in total. The molecule has 0 amide bonds. The number of rotatable bonds is 1. The Bertz CT molecular complexity index is 1070. The number of ketones is 2. The summed E-state index contributed by atoms with van der Waals surface area (Å²) in [6.07, 6.45) is 11.1. The molecule has 194 valence electrons. The molecule has 7 unspecified atom stereocenters. The van der Waals surface area contributed by atoms with Crippen LogP contribution in [0.1, 0.15) is 99.8 Å². The van der Waals surface area contributed by atoms with Gasteiger partial charge in [0.05, 0.1) is 3.42 Å². The van der Waals surface area contributed by atoms with E-state index < -0.39 is 19.9 Å². The van der Waals surface area contributed by atoms with Crippen molar-refractivity contribution in [1.82, 2.24) is 0 Å². The van der Waals surface area contributed by atoms with Crippen LogP contribution in [0, 0.1) is 38.9 Å². The Morgan fingerprint density at radius 2 is 1.60 bits per heavy atom. The second-order valence-corrected chi connectivity index (χ2v) is 16.3. The highest BCUT2D eigenvalue weighted by Crippen LogP contribution is 2.74. The Hall–Kier alpha value is -0.690. The minimum Gasteiger partial charge on any atom is -0.505 e. The number of allylic oxidation sites excluding steroid dienone is 3. The minimum atomic E-state index is -1.41. The van der Waals surface area contributed by atoms with Crippen LogP contribution >= 0.6 is 22.6 Å². The Labute approximate surface area is 224 Å². The van der Waals surface area contributed by atoms with Crippen LogP contribution in [0.25, 0.3) is 0 Å². The molecule has 0 aromatic rings. The number of aliphatic hydroxyl groups excluding tert-OH is 1. The van der Waals surface area contributed by atoms with Crippen LogP contribution in [-0.2, 0) is 9.59 Å². The first-order chi connectivity index (χ1) is 16.0. The quantitative estimate of drug-likeness (QED) is 0.256. The maximum atomic E-state index is 14.3. The third-order valence-corrected chi connectivity index (χ3v) is 14.3. The number of hydrogen-bond acceptors (Lipinski definition) is 4. The molecule has 3 saturated carbocycles. The molecule has 0 aromatic carbocycles. The Balaban J connectivity index is 1.72. The molecule has 5 aliphatic carbocycles. The van der Waals surface area contributed by atoms with E-state index in [1.54, 1.807) is 12.2 Å². The van der Waals surface area contributed by atoms with Crippen LogP contribution < -0.4 is 0 Å². The van der Waals surface area contributed by atoms with Gasteiger partial charge < -0.3 is 10.2 Å². The summed E-state index contributed by atoms with van der Waals surface area (Å²) in [5.41, 5.74) is -2.00. The number of alkyl halides is 1. The molecule has 0 spiro atoms. The predicted molar refractivity (Wildman–Crippen MR) is 146 cm³/mol. The fourth-order valence-corrected chi connectivity index (χ4v) is 12.6. The highest BCUT2D eigenvalue weighted by atomic mass is 127. The highest BCUT2D eigenvalue weighted by molar-refractivity contribution is 14.1. The molecule has 5 heteroatoms. The normalized spacial score (nSPS) is 50.2. The summed E-state index contributed by atoms with van der Waals surface area (Å²) in [5.74, 6) is -0.688. The summed E-state index contributed by atoms with van der Waals surface area (Å²) in [5, 5.41) is 23.5. The van der Waals surface area contributed by atoms with Gasteiger partial charge in [0.15, 0.2) is 11.5 Å². The lowest BCUT2D eigenvalue weighted by atomic mass is 9.37. The van der Waals surface area contributed by atoms with E-state index in [9.17, 15) is 19.8 Å². The van der Waals surface area contributed by atoms with Gasteiger partial charge in [0.1, 0.15) is 5.60 Å². The summed E-state index contributed by atoms with van der Waals surface area (Å²) in [6, 6.07) is 0. The topological polar surface area (TPSA) is 74.6 Å². The number of halogens is 1. The van der Waals surface area contributed by atoms with Gasteiger partial charge in [0, 0.05) is 16.7 Å².